The smallest absolute Gasteiger partial charge is 0.402 e. The van der Waals surface area contributed by atoms with Crippen molar-refractivity contribution < 1.29 is 26.3 Å². The molecular formula is C17H20F6N2. The van der Waals surface area contributed by atoms with E-state index < -0.39 is 29.8 Å². The summed E-state index contributed by atoms with van der Waals surface area (Å²) in [6.45, 7) is 4.50. The molecule has 25 heavy (non-hydrogen) atoms. The molecule has 0 heterocycles. The summed E-state index contributed by atoms with van der Waals surface area (Å²) in [5.74, 6) is 0. The number of hydrogen-bond donors (Lipinski definition) is 2. The molecule has 0 radical (unpaired) electrons. The SMILES string of the molecule is C/C(N)=C(C)\C=C/CC(c1ccc(C)c(N)c1)(C(F)(F)F)C(F)(F)F. The second-order valence-electron chi connectivity index (χ2n) is 5.94. The first-order valence-electron chi connectivity index (χ1n) is 7.33. The number of nitrogen functional groups attached to an aromatic ring is 1. The topological polar surface area (TPSA) is 52.0 Å². The Labute approximate surface area is 142 Å². The molecule has 0 fully saturated rings. The highest BCUT2D eigenvalue weighted by molar-refractivity contribution is 5.51. The molecule has 0 unspecified atom stereocenters. The maximum absolute atomic E-state index is 13.6. The van der Waals surface area contributed by atoms with Crippen LogP contribution in [0.3, 0.4) is 0 Å². The molecule has 4 N–H and O–H groups in total. The molecule has 0 bridgehead atoms. The minimum absolute atomic E-state index is 0.131. The summed E-state index contributed by atoms with van der Waals surface area (Å²) in [5.41, 5.74) is 6.99. The van der Waals surface area contributed by atoms with Crippen LogP contribution in [0.5, 0.6) is 0 Å². The second-order valence-corrected chi connectivity index (χ2v) is 5.94. The number of allylic oxidation sites excluding steroid dienone is 4. The van der Waals surface area contributed by atoms with Crippen LogP contribution in [0.1, 0.15) is 31.4 Å². The Hall–Kier alpha value is -2.12. The molecule has 0 atom stereocenters. The third-order valence-electron chi connectivity index (χ3n) is 4.15. The quantitative estimate of drug-likeness (QED) is 0.440. The number of anilines is 1. The van der Waals surface area contributed by atoms with Crippen LogP contribution in [0.25, 0.3) is 0 Å². The van der Waals surface area contributed by atoms with E-state index in [-0.39, 0.29) is 5.69 Å². The monoisotopic (exact) mass is 366 g/mol. The molecule has 1 rings (SSSR count). The lowest BCUT2D eigenvalue weighted by Gasteiger charge is -2.37. The number of alkyl halides is 6. The Morgan fingerprint density at radius 2 is 1.56 bits per heavy atom. The molecule has 1 aromatic carbocycles. The van der Waals surface area contributed by atoms with Crippen LogP contribution in [-0.2, 0) is 5.41 Å². The van der Waals surface area contributed by atoms with E-state index in [1.807, 2.05) is 0 Å². The van der Waals surface area contributed by atoms with Crippen molar-refractivity contribution >= 4 is 5.69 Å². The van der Waals surface area contributed by atoms with Gasteiger partial charge in [0.2, 0.25) is 0 Å². The van der Waals surface area contributed by atoms with Crippen LogP contribution in [-0.4, -0.2) is 12.4 Å². The average molecular weight is 366 g/mol. The van der Waals surface area contributed by atoms with Crippen molar-refractivity contribution in [2.24, 2.45) is 5.73 Å². The number of rotatable bonds is 4. The van der Waals surface area contributed by atoms with Crippen molar-refractivity contribution in [3.8, 4) is 0 Å². The van der Waals surface area contributed by atoms with E-state index in [9.17, 15) is 26.3 Å². The first-order valence-corrected chi connectivity index (χ1v) is 7.33. The average Bonchev–Trinajstić information content (AvgIpc) is 2.43. The number of aryl methyl sites for hydroxylation is 1. The first-order chi connectivity index (χ1) is 11.2. The largest absolute Gasteiger partial charge is 0.407 e. The van der Waals surface area contributed by atoms with Gasteiger partial charge in [-0.25, -0.2) is 0 Å². The summed E-state index contributed by atoms with van der Waals surface area (Å²) in [5, 5.41) is 0. The molecule has 0 aliphatic carbocycles. The number of hydrogen-bond acceptors (Lipinski definition) is 2. The molecule has 2 nitrogen and oxygen atoms in total. The molecule has 0 aromatic heterocycles. The Kier molecular flexibility index (Phi) is 5.87. The lowest BCUT2D eigenvalue weighted by molar-refractivity contribution is -0.302. The Morgan fingerprint density at radius 1 is 1.04 bits per heavy atom. The standard InChI is InChI=1S/C17H20F6N2/c1-10(12(3)24)5-4-8-15(16(18,19)20,17(21,22)23)13-7-6-11(2)14(25)9-13/h4-7,9H,8,24-25H2,1-3H3/b5-4-,12-10+. The predicted molar refractivity (Wildman–Crippen MR) is 85.7 cm³/mol. The van der Waals surface area contributed by atoms with Gasteiger partial charge in [-0.3, -0.25) is 0 Å². The summed E-state index contributed by atoms with van der Waals surface area (Å²) in [6.07, 6.45) is -10.5. The number of benzene rings is 1. The molecule has 0 saturated carbocycles. The van der Waals surface area contributed by atoms with Gasteiger partial charge in [-0.1, -0.05) is 24.3 Å². The van der Waals surface area contributed by atoms with Gasteiger partial charge in [-0.2, -0.15) is 26.3 Å². The van der Waals surface area contributed by atoms with Crippen molar-refractivity contribution in [1.82, 2.24) is 0 Å². The van der Waals surface area contributed by atoms with Gasteiger partial charge in [0.15, 0.2) is 5.41 Å². The third-order valence-corrected chi connectivity index (χ3v) is 4.15. The van der Waals surface area contributed by atoms with E-state index in [4.69, 9.17) is 11.5 Å². The van der Waals surface area contributed by atoms with Crippen molar-refractivity contribution in [2.45, 2.75) is 45.0 Å². The minimum atomic E-state index is -5.56. The Balaban J connectivity index is 3.59. The van der Waals surface area contributed by atoms with Crippen LogP contribution in [0, 0.1) is 6.92 Å². The fourth-order valence-electron chi connectivity index (χ4n) is 2.29. The van der Waals surface area contributed by atoms with E-state index in [1.165, 1.54) is 20.8 Å². The van der Waals surface area contributed by atoms with Gasteiger partial charge in [0.1, 0.15) is 0 Å². The van der Waals surface area contributed by atoms with Crippen molar-refractivity contribution in [3.63, 3.8) is 0 Å². The van der Waals surface area contributed by atoms with Crippen molar-refractivity contribution in [1.29, 1.82) is 0 Å². The number of halogens is 6. The van der Waals surface area contributed by atoms with Crippen molar-refractivity contribution in [2.75, 3.05) is 5.73 Å². The normalized spacial score (nSPS) is 14.8. The van der Waals surface area contributed by atoms with Gasteiger partial charge in [-0.15, -0.1) is 0 Å². The summed E-state index contributed by atoms with van der Waals surface area (Å²) >= 11 is 0. The van der Waals surface area contributed by atoms with Gasteiger partial charge in [0, 0.05) is 11.4 Å². The number of nitrogens with two attached hydrogens (primary N) is 2. The molecule has 0 amide bonds. The van der Waals surface area contributed by atoms with E-state index in [1.54, 1.807) is 0 Å². The molecule has 0 aliphatic rings. The molecular weight excluding hydrogens is 346 g/mol. The third kappa shape index (κ3) is 4.11. The van der Waals surface area contributed by atoms with E-state index in [0.29, 0.717) is 16.8 Å². The highest BCUT2D eigenvalue weighted by atomic mass is 19.4. The molecule has 140 valence electrons. The van der Waals surface area contributed by atoms with Gasteiger partial charge in [0.25, 0.3) is 0 Å². The van der Waals surface area contributed by atoms with Gasteiger partial charge in [-0.05, 0) is 50.0 Å². The molecule has 0 saturated heterocycles. The molecule has 8 heteroatoms. The fraction of sp³-hybridized carbons (Fsp3) is 0.412. The summed E-state index contributed by atoms with van der Waals surface area (Å²) < 4.78 is 81.8. The fourth-order valence-corrected chi connectivity index (χ4v) is 2.29. The maximum Gasteiger partial charge on any atom is 0.407 e. The lowest BCUT2D eigenvalue weighted by atomic mass is 9.75. The predicted octanol–water partition coefficient (Wildman–Crippen LogP) is 5.14. The minimum Gasteiger partial charge on any atom is -0.402 e. The zero-order valence-electron chi connectivity index (χ0n) is 14.0. The van der Waals surface area contributed by atoms with Crippen LogP contribution < -0.4 is 11.5 Å². The molecule has 1 aromatic rings. The van der Waals surface area contributed by atoms with Gasteiger partial charge in [0.05, 0.1) is 0 Å². The zero-order valence-corrected chi connectivity index (χ0v) is 14.0. The zero-order chi connectivity index (χ0) is 19.6. The summed E-state index contributed by atoms with van der Waals surface area (Å²) in [6, 6.07) is 2.70. The van der Waals surface area contributed by atoms with E-state index >= 15 is 0 Å². The molecule has 0 aliphatic heterocycles. The lowest BCUT2D eigenvalue weighted by Crippen LogP contribution is -2.53. The van der Waals surface area contributed by atoms with Crippen LogP contribution in [0.2, 0.25) is 0 Å². The van der Waals surface area contributed by atoms with Crippen LogP contribution in [0.15, 0.2) is 41.6 Å². The Bertz CT molecular complexity index is 665. The highest BCUT2D eigenvalue weighted by Gasteiger charge is 2.70. The van der Waals surface area contributed by atoms with Gasteiger partial charge < -0.3 is 11.5 Å². The van der Waals surface area contributed by atoms with Crippen LogP contribution >= 0.6 is 0 Å². The highest BCUT2D eigenvalue weighted by Crippen LogP contribution is 2.54. The molecule has 0 spiro atoms. The van der Waals surface area contributed by atoms with Crippen LogP contribution in [0.4, 0.5) is 32.0 Å². The van der Waals surface area contributed by atoms with Crippen molar-refractivity contribution in [3.05, 3.63) is 52.7 Å². The van der Waals surface area contributed by atoms with E-state index in [2.05, 4.69) is 0 Å². The summed E-state index contributed by atoms with van der Waals surface area (Å²) in [7, 11) is 0. The second kappa shape index (κ2) is 7.01. The maximum atomic E-state index is 13.6. The summed E-state index contributed by atoms with van der Waals surface area (Å²) in [4.78, 5) is 0. The van der Waals surface area contributed by atoms with E-state index in [0.717, 1.165) is 30.4 Å². The van der Waals surface area contributed by atoms with Gasteiger partial charge >= 0.3 is 12.4 Å². The first kappa shape index (κ1) is 20.9. The Morgan fingerprint density at radius 3 is 1.96 bits per heavy atom.